The summed E-state index contributed by atoms with van der Waals surface area (Å²) < 4.78 is 0.924. The number of rotatable bonds is 3. The van der Waals surface area contributed by atoms with Gasteiger partial charge in [0.15, 0.2) is 0 Å². The van der Waals surface area contributed by atoms with Gasteiger partial charge in [-0.25, -0.2) is 0 Å². The second-order valence-corrected chi connectivity index (χ2v) is 2.03. The molecular formula is C5H4N3NaO4. The van der Waals surface area contributed by atoms with E-state index < -0.39 is 17.4 Å². The van der Waals surface area contributed by atoms with Crippen LogP contribution in [0.2, 0.25) is 0 Å². The fraction of sp³-hybridized carbons (Fsp3) is 0.200. The minimum absolute atomic E-state index is 0. The molecule has 7 nitrogen and oxygen atoms in total. The number of carbonyl (C=O) groups excluding carboxylic acids is 1. The van der Waals surface area contributed by atoms with Crippen molar-refractivity contribution in [1.29, 1.82) is 0 Å². The van der Waals surface area contributed by atoms with Crippen molar-refractivity contribution >= 4 is 11.7 Å². The Bertz CT molecular complexity index is 323. The number of nitrogens with zero attached hydrogens (tertiary/aromatic N) is 3. The van der Waals surface area contributed by atoms with E-state index in [-0.39, 0.29) is 35.2 Å². The van der Waals surface area contributed by atoms with Crippen molar-refractivity contribution in [3.63, 3.8) is 0 Å². The van der Waals surface area contributed by atoms with Gasteiger partial charge in [0, 0.05) is 0 Å². The molecule has 1 rings (SSSR count). The number of nitro groups is 1. The Kier molecular flexibility index (Phi) is 4.60. The monoisotopic (exact) mass is 193 g/mol. The Hall–Kier alpha value is -0.920. The van der Waals surface area contributed by atoms with Gasteiger partial charge in [0.2, 0.25) is 0 Å². The first-order valence-electron chi connectivity index (χ1n) is 2.96. The maximum absolute atomic E-state index is 10.1. The molecule has 0 spiro atoms. The van der Waals surface area contributed by atoms with Crippen LogP contribution in [-0.2, 0) is 11.3 Å². The van der Waals surface area contributed by atoms with Gasteiger partial charge in [-0.3, -0.25) is 14.8 Å². The first kappa shape index (κ1) is 12.1. The van der Waals surface area contributed by atoms with E-state index in [9.17, 15) is 20.0 Å². The van der Waals surface area contributed by atoms with Gasteiger partial charge in [0.05, 0.1) is 17.4 Å². The van der Waals surface area contributed by atoms with Gasteiger partial charge >= 0.3 is 35.2 Å². The molecule has 8 heteroatoms. The molecule has 0 bridgehead atoms. The molecule has 1 aromatic heterocycles. The van der Waals surface area contributed by atoms with E-state index >= 15 is 0 Å². The summed E-state index contributed by atoms with van der Waals surface area (Å²) in [5.41, 5.74) is -0.240. The number of aromatic nitrogens is 2. The fourth-order valence-electron chi connectivity index (χ4n) is 0.666. The maximum atomic E-state index is 10.1. The maximum Gasteiger partial charge on any atom is 1.00 e. The molecule has 13 heavy (non-hydrogen) atoms. The van der Waals surface area contributed by atoms with Gasteiger partial charge in [0.25, 0.3) is 0 Å². The average Bonchev–Trinajstić information content (AvgIpc) is 2.34. The summed E-state index contributed by atoms with van der Waals surface area (Å²) in [6.07, 6.45) is 2.00. The third-order valence-electron chi connectivity index (χ3n) is 1.12. The van der Waals surface area contributed by atoms with E-state index in [0.29, 0.717) is 0 Å². The molecule has 0 atom stereocenters. The number of aliphatic carboxylic acids is 1. The van der Waals surface area contributed by atoms with Crippen molar-refractivity contribution in [2.75, 3.05) is 0 Å². The van der Waals surface area contributed by atoms with Crippen LogP contribution in [0.25, 0.3) is 0 Å². The van der Waals surface area contributed by atoms with E-state index in [4.69, 9.17) is 0 Å². The normalized spacial score (nSPS) is 8.92. The van der Waals surface area contributed by atoms with Crippen LogP contribution in [0.4, 0.5) is 5.69 Å². The average molecular weight is 193 g/mol. The first-order chi connectivity index (χ1) is 5.59. The Morgan fingerprint density at radius 2 is 2.31 bits per heavy atom. The van der Waals surface area contributed by atoms with Crippen LogP contribution in [0.1, 0.15) is 0 Å². The molecule has 0 unspecified atom stereocenters. The topological polar surface area (TPSA) is 101 Å². The van der Waals surface area contributed by atoms with E-state index in [0.717, 1.165) is 17.1 Å². The van der Waals surface area contributed by atoms with Crippen molar-refractivity contribution in [2.45, 2.75) is 6.54 Å². The summed E-state index contributed by atoms with van der Waals surface area (Å²) in [6.45, 7) is -0.478. The molecule has 0 aliphatic rings. The van der Waals surface area contributed by atoms with Crippen molar-refractivity contribution in [1.82, 2.24) is 9.78 Å². The van der Waals surface area contributed by atoms with Crippen LogP contribution in [-0.4, -0.2) is 20.7 Å². The summed E-state index contributed by atoms with van der Waals surface area (Å²) in [4.78, 5) is 19.4. The molecule has 0 fully saturated rings. The molecule has 0 aliphatic heterocycles. The van der Waals surface area contributed by atoms with Crippen LogP contribution >= 0.6 is 0 Å². The fourth-order valence-corrected chi connectivity index (χ4v) is 0.666. The predicted octanol–water partition coefficient (Wildman–Crippen LogP) is -4.45. The molecule has 0 saturated heterocycles. The van der Waals surface area contributed by atoms with Gasteiger partial charge in [0.1, 0.15) is 12.4 Å². The quantitative estimate of drug-likeness (QED) is 0.274. The molecular weight excluding hydrogens is 189 g/mol. The summed E-state index contributed by atoms with van der Waals surface area (Å²) in [5.74, 6) is -1.34. The number of carboxylic acids is 1. The smallest absolute Gasteiger partial charge is 0.548 e. The molecule has 1 aromatic rings. The molecule has 1 heterocycles. The number of hydrogen-bond donors (Lipinski definition) is 0. The predicted molar refractivity (Wildman–Crippen MR) is 33.9 cm³/mol. The Morgan fingerprint density at radius 1 is 1.69 bits per heavy atom. The first-order valence-corrected chi connectivity index (χ1v) is 2.96. The van der Waals surface area contributed by atoms with Crippen LogP contribution in [0.3, 0.4) is 0 Å². The standard InChI is InChI=1S/C5H5N3O4.Na/c9-5(10)3-7-2-4(1-6-7)8(11)12;/h1-2H,3H2,(H,9,10);/q;+1/p-1. The van der Waals surface area contributed by atoms with Gasteiger partial charge < -0.3 is 9.90 Å². The second kappa shape index (κ2) is 4.95. The van der Waals surface area contributed by atoms with Crippen molar-refractivity contribution in [3.8, 4) is 0 Å². The number of carbonyl (C=O) groups is 1. The van der Waals surface area contributed by atoms with E-state index in [1.165, 1.54) is 0 Å². The Labute approximate surface area is 94.8 Å². The third-order valence-corrected chi connectivity index (χ3v) is 1.12. The molecule has 0 radical (unpaired) electrons. The van der Waals surface area contributed by atoms with Gasteiger partial charge in [-0.1, -0.05) is 0 Å². The minimum atomic E-state index is -1.34. The van der Waals surface area contributed by atoms with E-state index in [1.54, 1.807) is 0 Å². The van der Waals surface area contributed by atoms with Gasteiger partial charge in [-0.05, 0) is 0 Å². The van der Waals surface area contributed by atoms with Crippen LogP contribution in [0.15, 0.2) is 12.4 Å². The second-order valence-electron chi connectivity index (χ2n) is 2.03. The Balaban J connectivity index is 0.00000144. The minimum Gasteiger partial charge on any atom is -0.548 e. The SMILES string of the molecule is O=C([O-])Cn1cc([N+](=O)[O-])cn1.[Na+]. The van der Waals surface area contributed by atoms with Crippen LogP contribution < -0.4 is 34.7 Å². The van der Waals surface area contributed by atoms with Gasteiger partial charge in [-0.2, -0.15) is 5.10 Å². The molecule has 0 aromatic carbocycles. The largest absolute Gasteiger partial charge is 1.00 e. The van der Waals surface area contributed by atoms with E-state index in [2.05, 4.69) is 5.10 Å². The summed E-state index contributed by atoms with van der Waals surface area (Å²) in [7, 11) is 0. The molecule has 0 amide bonds. The molecule has 0 N–H and O–H groups in total. The number of hydrogen-bond acceptors (Lipinski definition) is 5. The van der Waals surface area contributed by atoms with Crippen molar-refractivity contribution < 1.29 is 44.4 Å². The van der Waals surface area contributed by atoms with Crippen LogP contribution in [0.5, 0.6) is 0 Å². The Morgan fingerprint density at radius 3 is 2.69 bits per heavy atom. The van der Waals surface area contributed by atoms with E-state index in [1.807, 2.05) is 0 Å². The molecule has 64 valence electrons. The zero-order valence-corrected chi connectivity index (χ0v) is 8.84. The van der Waals surface area contributed by atoms with Gasteiger partial charge in [-0.15, -0.1) is 0 Å². The summed E-state index contributed by atoms with van der Waals surface area (Å²) >= 11 is 0. The number of carboxylic acid groups (broad SMARTS) is 1. The van der Waals surface area contributed by atoms with Crippen LogP contribution in [0, 0.1) is 10.1 Å². The summed E-state index contributed by atoms with van der Waals surface area (Å²) in [6, 6.07) is 0. The summed E-state index contributed by atoms with van der Waals surface area (Å²) in [5, 5.41) is 23.5. The third kappa shape index (κ3) is 3.53. The van der Waals surface area contributed by atoms with Crippen molar-refractivity contribution in [2.24, 2.45) is 0 Å². The van der Waals surface area contributed by atoms with Crippen molar-refractivity contribution in [3.05, 3.63) is 22.5 Å². The zero-order chi connectivity index (χ0) is 9.14. The molecule has 0 aliphatic carbocycles. The molecule has 0 saturated carbocycles. The zero-order valence-electron chi connectivity index (χ0n) is 6.84.